The van der Waals surface area contributed by atoms with Crippen LogP contribution in [0, 0.1) is 0 Å². The van der Waals surface area contributed by atoms with Crippen LogP contribution in [0.15, 0.2) is 0 Å². The summed E-state index contributed by atoms with van der Waals surface area (Å²) < 4.78 is 0. The summed E-state index contributed by atoms with van der Waals surface area (Å²) in [4.78, 5) is 7.71. The summed E-state index contributed by atoms with van der Waals surface area (Å²) >= 11 is 0. The Kier molecular flexibility index (Phi) is 20.5. The normalized spacial score (nSPS) is 7.50. The van der Waals surface area contributed by atoms with Gasteiger partial charge >= 0.3 is 51.4 Å². The predicted octanol–water partition coefficient (Wildman–Crippen LogP) is -1.54. The van der Waals surface area contributed by atoms with E-state index in [0.29, 0.717) is 0 Å². The predicted molar refractivity (Wildman–Crippen MR) is 23.8 cm³/mol. The molecule has 4 heavy (non-hydrogen) atoms. The van der Waals surface area contributed by atoms with Crippen molar-refractivity contribution in [3.05, 3.63) is 0 Å². The third-order valence-electron chi connectivity index (χ3n) is 0. The summed E-state index contributed by atoms with van der Waals surface area (Å²) in [6.07, 6.45) is 0. The van der Waals surface area contributed by atoms with Gasteiger partial charge in [0.15, 0.2) is 9.76 Å². The van der Waals surface area contributed by atoms with E-state index in [-0.39, 0.29) is 51.4 Å². The van der Waals surface area contributed by atoms with Crippen LogP contribution in [0.25, 0.3) is 0 Å². The Bertz CT molecular complexity index is 8.00. The van der Waals surface area contributed by atoms with E-state index in [4.69, 9.17) is 4.80 Å². The van der Waals surface area contributed by atoms with Gasteiger partial charge in [-0.2, -0.15) is 0 Å². The molecule has 0 aliphatic carbocycles. The Morgan fingerprint density at radius 1 is 1.75 bits per heavy atom. The van der Waals surface area contributed by atoms with E-state index >= 15 is 0 Å². The summed E-state index contributed by atoms with van der Waals surface area (Å²) in [5.74, 6) is 0. The Balaban J connectivity index is 0. The van der Waals surface area contributed by atoms with Crippen LogP contribution < -0.4 is 0 Å². The standard InChI is InChI=1S/CH6OSi.K.H/c1-3-2;;/h2H,3H2,1H3;;. The van der Waals surface area contributed by atoms with Crippen LogP contribution in [-0.2, 0) is 0 Å². The van der Waals surface area contributed by atoms with E-state index in [1.165, 1.54) is 0 Å². The van der Waals surface area contributed by atoms with Gasteiger partial charge in [-0.1, -0.05) is 6.55 Å². The Labute approximate surface area is 71.2 Å². The quantitative estimate of drug-likeness (QED) is 0.368. The maximum atomic E-state index is 7.71. The molecule has 0 bridgehead atoms. The zero-order valence-corrected chi connectivity index (χ0v) is 3.57. The van der Waals surface area contributed by atoms with E-state index in [0.717, 1.165) is 0 Å². The number of hydrogen-bond acceptors (Lipinski definition) is 1. The van der Waals surface area contributed by atoms with Crippen molar-refractivity contribution >= 4 is 61.1 Å². The van der Waals surface area contributed by atoms with Gasteiger partial charge in [-0.05, 0) is 0 Å². The Hall–Kier alpha value is 1.81. The molecule has 22 valence electrons. The van der Waals surface area contributed by atoms with Crippen molar-refractivity contribution in [2.75, 3.05) is 0 Å². The molecule has 1 N–H and O–H groups in total. The van der Waals surface area contributed by atoms with Gasteiger partial charge in [-0.3, -0.25) is 0 Å². The van der Waals surface area contributed by atoms with Crippen molar-refractivity contribution in [2.24, 2.45) is 0 Å². The van der Waals surface area contributed by atoms with Crippen molar-refractivity contribution in [1.29, 1.82) is 0 Å². The first-order valence-corrected chi connectivity index (χ1v) is 3.07. The minimum absolute atomic E-state index is 0. The molecule has 0 rings (SSSR count). The Morgan fingerprint density at radius 2 is 1.75 bits per heavy atom. The first-order chi connectivity index (χ1) is 1.41. The van der Waals surface area contributed by atoms with E-state index in [9.17, 15) is 0 Å². The zero-order chi connectivity index (χ0) is 2.71. The molecule has 0 amide bonds. The first-order valence-electron chi connectivity index (χ1n) is 1.02. The fraction of sp³-hybridized carbons (Fsp3) is 1.00. The SMILES string of the molecule is C[SiH2]O.[KH]. The molecule has 0 aromatic rings. The number of hydrogen-bond donors (Lipinski definition) is 1. The molecule has 0 saturated heterocycles. The second kappa shape index (κ2) is 8.84. The van der Waals surface area contributed by atoms with Crippen LogP contribution in [0.5, 0.6) is 0 Å². The van der Waals surface area contributed by atoms with E-state index in [1.807, 2.05) is 6.55 Å². The summed E-state index contributed by atoms with van der Waals surface area (Å²) in [6, 6.07) is 0. The molecule has 0 aliphatic heterocycles. The van der Waals surface area contributed by atoms with Crippen LogP contribution in [0.1, 0.15) is 0 Å². The molecule has 0 atom stereocenters. The molecular weight excluding hydrogens is 95.2 g/mol. The van der Waals surface area contributed by atoms with Gasteiger partial charge in [0, 0.05) is 0 Å². The summed E-state index contributed by atoms with van der Waals surface area (Å²) in [5.41, 5.74) is 0. The van der Waals surface area contributed by atoms with E-state index in [1.54, 1.807) is 0 Å². The molecular formula is CH7KOSi. The van der Waals surface area contributed by atoms with Gasteiger partial charge in [0.2, 0.25) is 0 Å². The zero-order valence-electron chi connectivity index (χ0n) is 2.15. The molecule has 0 aromatic carbocycles. The first kappa shape index (κ1) is 9.26. The summed E-state index contributed by atoms with van der Waals surface area (Å²) in [5, 5.41) is 0. The van der Waals surface area contributed by atoms with Gasteiger partial charge in [0.1, 0.15) is 0 Å². The van der Waals surface area contributed by atoms with Crippen LogP contribution in [-0.4, -0.2) is 65.9 Å². The average molecular weight is 102 g/mol. The maximum absolute atomic E-state index is 7.71. The average Bonchev–Trinajstić information content (AvgIpc) is 0.918. The molecule has 0 unspecified atom stereocenters. The van der Waals surface area contributed by atoms with Gasteiger partial charge in [0.05, 0.1) is 0 Å². The monoisotopic (exact) mass is 102 g/mol. The third-order valence-corrected chi connectivity index (χ3v) is 0. The fourth-order valence-electron chi connectivity index (χ4n) is 0. The Morgan fingerprint density at radius 3 is 1.75 bits per heavy atom. The van der Waals surface area contributed by atoms with Gasteiger partial charge < -0.3 is 4.80 Å². The second-order valence-corrected chi connectivity index (χ2v) is 0.949. The third kappa shape index (κ3) is 9.18. The van der Waals surface area contributed by atoms with Crippen LogP contribution in [0.3, 0.4) is 0 Å². The molecule has 0 saturated carbocycles. The van der Waals surface area contributed by atoms with Crippen molar-refractivity contribution < 1.29 is 4.80 Å². The van der Waals surface area contributed by atoms with Crippen molar-refractivity contribution in [1.82, 2.24) is 0 Å². The van der Waals surface area contributed by atoms with E-state index in [2.05, 4.69) is 0 Å². The minimum atomic E-state index is -0.583. The molecule has 0 heterocycles. The molecule has 1 nitrogen and oxygen atoms in total. The van der Waals surface area contributed by atoms with Gasteiger partial charge in [0.25, 0.3) is 0 Å². The second-order valence-electron chi connectivity index (χ2n) is 0.316. The molecule has 3 heteroatoms. The van der Waals surface area contributed by atoms with Crippen molar-refractivity contribution in [2.45, 2.75) is 6.55 Å². The van der Waals surface area contributed by atoms with Crippen LogP contribution >= 0.6 is 0 Å². The summed E-state index contributed by atoms with van der Waals surface area (Å²) in [6.45, 7) is 1.82. The van der Waals surface area contributed by atoms with Crippen LogP contribution in [0.2, 0.25) is 6.55 Å². The van der Waals surface area contributed by atoms with Gasteiger partial charge in [-0.15, -0.1) is 0 Å². The molecule has 0 fully saturated rings. The number of rotatable bonds is 0. The fourth-order valence-corrected chi connectivity index (χ4v) is 0. The molecule has 0 aliphatic rings. The molecule has 0 radical (unpaired) electrons. The molecule has 0 spiro atoms. The topological polar surface area (TPSA) is 20.2 Å². The van der Waals surface area contributed by atoms with E-state index < -0.39 is 9.76 Å². The van der Waals surface area contributed by atoms with Crippen LogP contribution in [0.4, 0.5) is 0 Å². The van der Waals surface area contributed by atoms with Crippen molar-refractivity contribution in [3.63, 3.8) is 0 Å². The summed E-state index contributed by atoms with van der Waals surface area (Å²) in [7, 11) is -0.583. The molecule has 0 aromatic heterocycles. The van der Waals surface area contributed by atoms with Crippen molar-refractivity contribution in [3.8, 4) is 0 Å². The van der Waals surface area contributed by atoms with Gasteiger partial charge in [-0.25, -0.2) is 0 Å².